The first-order chi connectivity index (χ1) is 8.79. The van der Waals surface area contributed by atoms with Crippen LogP contribution in [0.5, 0.6) is 0 Å². The van der Waals surface area contributed by atoms with Crippen molar-refractivity contribution in [2.24, 2.45) is 0 Å². The molecule has 0 heterocycles. The summed E-state index contributed by atoms with van der Waals surface area (Å²) in [5, 5.41) is 0. The van der Waals surface area contributed by atoms with Crippen LogP contribution in [-0.2, 0) is 6.42 Å². The van der Waals surface area contributed by atoms with Crippen molar-refractivity contribution in [3.63, 3.8) is 0 Å². The van der Waals surface area contributed by atoms with E-state index in [0.29, 0.717) is 0 Å². The van der Waals surface area contributed by atoms with E-state index in [1.165, 1.54) is 22.3 Å². The van der Waals surface area contributed by atoms with Gasteiger partial charge in [0.25, 0.3) is 0 Å². The smallest absolute Gasteiger partial charge is 0.00160 e. The zero-order chi connectivity index (χ0) is 14.0. The minimum Gasteiger partial charge on any atom is -0.117 e. The molecule has 0 aromatic heterocycles. The minimum absolute atomic E-state index is 1.03. The number of fused-ring (bicyclic) bond motifs is 1. The Bertz CT molecular complexity index is 441. The fraction of sp³-hybridized carbons (Fsp3) is 0.389. The van der Waals surface area contributed by atoms with Crippen LogP contribution in [0, 0.1) is 6.92 Å². The molecule has 0 radical (unpaired) electrons. The molecule has 0 spiro atoms. The van der Waals surface area contributed by atoms with Crippen LogP contribution < -0.4 is 0 Å². The summed E-state index contributed by atoms with van der Waals surface area (Å²) in [4.78, 5) is 0. The first-order valence-corrected chi connectivity index (χ1v) is 6.96. The maximum Gasteiger partial charge on any atom is -0.00160 e. The van der Waals surface area contributed by atoms with Gasteiger partial charge in [0.1, 0.15) is 0 Å². The summed E-state index contributed by atoms with van der Waals surface area (Å²) < 4.78 is 0. The van der Waals surface area contributed by atoms with Crippen LogP contribution in [0.15, 0.2) is 42.2 Å². The van der Waals surface area contributed by atoms with Crippen molar-refractivity contribution < 1.29 is 0 Å². The van der Waals surface area contributed by atoms with Gasteiger partial charge in [-0.05, 0) is 48.6 Å². The zero-order valence-electron chi connectivity index (χ0n) is 12.7. The highest BCUT2D eigenvalue weighted by atomic mass is 14.1. The second-order valence-corrected chi connectivity index (χ2v) is 3.67. The van der Waals surface area contributed by atoms with Crippen LogP contribution in [0.1, 0.15) is 51.3 Å². The number of hydrogen-bond donors (Lipinski definition) is 0. The Morgan fingerprint density at radius 1 is 1.00 bits per heavy atom. The topological polar surface area (TPSA) is 0 Å². The van der Waals surface area contributed by atoms with Crippen molar-refractivity contribution in [1.29, 1.82) is 0 Å². The molecule has 0 aliphatic heterocycles. The summed E-state index contributed by atoms with van der Waals surface area (Å²) in [6, 6.07) is 6.47. The summed E-state index contributed by atoms with van der Waals surface area (Å²) in [6.07, 6.45) is 7.27. The van der Waals surface area contributed by atoms with E-state index in [4.69, 9.17) is 0 Å². The SMILES string of the molecule is CC.CC.CC1=C=C/C=C\Cc2c(C)cccc21. The molecule has 18 heavy (non-hydrogen) atoms. The lowest BCUT2D eigenvalue weighted by Gasteiger charge is -2.11. The number of hydrogen-bond acceptors (Lipinski definition) is 0. The second-order valence-electron chi connectivity index (χ2n) is 3.67. The Morgan fingerprint density at radius 3 is 2.33 bits per heavy atom. The number of aryl methyl sites for hydroxylation is 1. The third-order valence-electron chi connectivity index (χ3n) is 2.67. The van der Waals surface area contributed by atoms with Crippen LogP contribution in [0.3, 0.4) is 0 Å². The summed E-state index contributed by atoms with van der Waals surface area (Å²) >= 11 is 0. The van der Waals surface area contributed by atoms with E-state index in [-0.39, 0.29) is 0 Å². The molecule has 0 saturated carbocycles. The average molecular weight is 242 g/mol. The Kier molecular flexibility index (Phi) is 8.70. The van der Waals surface area contributed by atoms with Crippen molar-refractivity contribution >= 4 is 5.57 Å². The van der Waals surface area contributed by atoms with Crippen LogP contribution in [0.25, 0.3) is 5.57 Å². The summed E-state index contributed by atoms with van der Waals surface area (Å²) in [5.41, 5.74) is 8.64. The summed E-state index contributed by atoms with van der Waals surface area (Å²) in [5.74, 6) is 0. The quantitative estimate of drug-likeness (QED) is 0.510. The molecule has 0 N–H and O–H groups in total. The number of rotatable bonds is 0. The minimum atomic E-state index is 1.03. The molecule has 0 fully saturated rings. The average Bonchev–Trinajstić information content (AvgIpc) is 2.42. The van der Waals surface area contributed by atoms with Gasteiger partial charge in [-0.2, -0.15) is 0 Å². The lowest BCUT2D eigenvalue weighted by molar-refractivity contribution is 1.19. The fourth-order valence-corrected chi connectivity index (χ4v) is 1.83. The van der Waals surface area contributed by atoms with E-state index < -0.39 is 0 Å². The lowest BCUT2D eigenvalue weighted by atomic mass is 9.94. The Balaban J connectivity index is 0.000000659. The molecule has 1 aliphatic rings. The van der Waals surface area contributed by atoms with Crippen LogP contribution >= 0.6 is 0 Å². The number of benzene rings is 1. The Labute approximate surface area is 113 Å². The Morgan fingerprint density at radius 2 is 1.67 bits per heavy atom. The lowest BCUT2D eigenvalue weighted by Crippen LogP contribution is -1.94. The van der Waals surface area contributed by atoms with Gasteiger partial charge in [0.05, 0.1) is 0 Å². The standard InChI is InChI=1S/C14H14.2C2H6/c1-11-7-4-3-5-9-13-12(2)8-6-10-14(11)13;2*1-2/h3-6,8,10H,9H2,1-2H3;2*1-2H3/b5-3-;;. The molecular weight excluding hydrogens is 216 g/mol. The second kappa shape index (κ2) is 9.50. The first kappa shape index (κ1) is 16.5. The van der Waals surface area contributed by atoms with Crippen LogP contribution in [0.2, 0.25) is 0 Å². The van der Waals surface area contributed by atoms with Gasteiger partial charge in [0.2, 0.25) is 0 Å². The van der Waals surface area contributed by atoms with Crippen molar-refractivity contribution in [1.82, 2.24) is 0 Å². The van der Waals surface area contributed by atoms with E-state index in [1.54, 1.807) is 0 Å². The van der Waals surface area contributed by atoms with Gasteiger partial charge in [-0.15, -0.1) is 5.73 Å². The van der Waals surface area contributed by atoms with Crippen molar-refractivity contribution in [3.8, 4) is 0 Å². The highest BCUT2D eigenvalue weighted by Crippen LogP contribution is 2.23. The molecule has 0 amide bonds. The number of allylic oxidation sites excluding steroid dienone is 3. The molecule has 0 bridgehead atoms. The van der Waals surface area contributed by atoms with Gasteiger partial charge in [0, 0.05) is 0 Å². The molecule has 0 heteroatoms. The van der Waals surface area contributed by atoms with Gasteiger partial charge in [-0.1, -0.05) is 58.0 Å². The molecule has 0 nitrogen and oxygen atoms in total. The van der Waals surface area contributed by atoms with E-state index in [9.17, 15) is 0 Å². The fourth-order valence-electron chi connectivity index (χ4n) is 1.83. The largest absolute Gasteiger partial charge is 0.117 e. The third kappa shape index (κ3) is 4.39. The summed E-state index contributed by atoms with van der Waals surface area (Å²) in [6.45, 7) is 12.3. The van der Waals surface area contributed by atoms with Gasteiger partial charge in [-0.25, -0.2) is 0 Å². The maximum absolute atomic E-state index is 3.27. The normalized spacial score (nSPS) is 13.6. The van der Waals surface area contributed by atoms with Crippen molar-refractivity contribution in [2.45, 2.75) is 48.0 Å². The highest BCUT2D eigenvalue weighted by molar-refractivity contribution is 5.68. The highest BCUT2D eigenvalue weighted by Gasteiger charge is 2.05. The Hall–Kier alpha value is -1.52. The molecule has 0 unspecified atom stereocenters. The van der Waals surface area contributed by atoms with E-state index in [2.05, 4.69) is 49.9 Å². The molecule has 98 valence electrons. The molecule has 0 saturated heterocycles. The van der Waals surface area contributed by atoms with Gasteiger partial charge < -0.3 is 0 Å². The van der Waals surface area contributed by atoms with E-state index in [1.807, 2.05) is 33.8 Å². The zero-order valence-corrected chi connectivity index (χ0v) is 12.7. The first-order valence-electron chi connectivity index (χ1n) is 6.96. The maximum atomic E-state index is 3.27. The molecule has 1 aliphatic carbocycles. The van der Waals surface area contributed by atoms with Gasteiger partial charge >= 0.3 is 0 Å². The molecule has 2 rings (SSSR count). The van der Waals surface area contributed by atoms with Gasteiger partial charge in [0.15, 0.2) is 0 Å². The van der Waals surface area contributed by atoms with E-state index >= 15 is 0 Å². The predicted molar refractivity (Wildman–Crippen MR) is 83.9 cm³/mol. The monoisotopic (exact) mass is 242 g/mol. The summed E-state index contributed by atoms with van der Waals surface area (Å²) in [7, 11) is 0. The van der Waals surface area contributed by atoms with Gasteiger partial charge in [-0.3, -0.25) is 0 Å². The third-order valence-corrected chi connectivity index (χ3v) is 2.67. The molecular formula is C18H26. The van der Waals surface area contributed by atoms with Crippen LogP contribution in [0.4, 0.5) is 0 Å². The predicted octanol–water partition coefficient (Wildman–Crippen LogP) is 5.72. The molecule has 1 aromatic carbocycles. The van der Waals surface area contributed by atoms with Crippen LogP contribution in [-0.4, -0.2) is 0 Å². The molecule has 0 atom stereocenters. The van der Waals surface area contributed by atoms with E-state index in [0.717, 1.165) is 6.42 Å². The van der Waals surface area contributed by atoms with Crippen molar-refractivity contribution in [3.05, 3.63) is 58.8 Å². The molecule has 1 aromatic rings. The van der Waals surface area contributed by atoms with Crippen molar-refractivity contribution in [2.75, 3.05) is 0 Å².